The fraction of sp³-hybridized carbons (Fsp3) is 0.250. The van der Waals surface area contributed by atoms with E-state index >= 15 is 0 Å². The summed E-state index contributed by atoms with van der Waals surface area (Å²) in [5.41, 5.74) is 3.40. The lowest BCUT2D eigenvalue weighted by Gasteiger charge is -2.14. The highest BCUT2D eigenvalue weighted by atomic mass is 35.5. The van der Waals surface area contributed by atoms with Gasteiger partial charge >= 0.3 is 0 Å². The Labute approximate surface area is 206 Å². The minimum atomic E-state index is -0.285. The first-order valence-electron chi connectivity index (χ1n) is 11.0. The van der Waals surface area contributed by atoms with Crippen molar-refractivity contribution in [2.24, 2.45) is 5.16 Å². The van der Waals surface area contributed by atoms with Gasteiger partial charge in [-0.25, -0.2) is 14.1 Å². The molecule has 2 aromatic heterocycles. The number of oxime groups is 1. The Balaban J connectivity index is 1.45. The molecule has 0 aliphatic carbocycles. The van der Waals surface area contributed by atoms with Crippen LogP contribution in [0, 0.1) is 5.82 Å². The van der Waals surface area contributed by atoms with Crippen molar-refractivity contribution in [1.29, 1.82) is 0 Å². The van der Waals surface area contributed by atoms with Crippen molar-refractivity contribution < 1.29 is 14.0 Å². The quantitative estimate of drug-likeness (QED) is 0.381. The number of anilines is 2. The maximum Gasteiger partial charge on any atom is 0.246 e. The number of ether oxygens (including phenoxy) is 1. The second kappa shape index (κ2) is 9.75. The Hall–Kier alpha value is -3.92. The SMILES string of the molecule is CON=C1CCn2nc(Nc3ccc(-n4cnc(Cl)c4)c(OC)c3)nc2C(c2ccc(F)cc2)C1. The number of benzene rings is 2. The van der Waals surface area contributed by atoms with E-state index in [-0.39, 0.29) is 11.7 Å². The summed E-state index contributed by atoms with van der Waals surface area (Å²) in [5, 5.41) is 12.5. The summed E-state index contributed by atoms with van der Waals surface area (Å²) in [6.45, 7) is 0.605. The summed E-state index contributed by atoms with van der Waals surface area (Å²) in [7, 11) is 3.13. The summed E-state index contributed by atoms with van der Waals surface area (Å²) >= 11 is 5.96. The third-order valence-corrected chi connectivity index (χ3v) is 6.02. The average molecular weight is 496 g/mol. The third-order valence-electron chi connectivity index (χ3n) is 5.82. The van der Waals surface area contributed by atoms with Crippen LogP contribution in [0.15, 0.2) is 60.1 Å². The molecule has 35 heavy (non-hydrogen) atoms. The number of nitrogens with one attached hydrogen (secondary N) is 1. The molecule has 0 bridgehead atoms. The number of halogens is 2. The number of fused-ring (bicyclic) bond motifs is 1. The molecule has 1 aliphatic rings. The van der Waals surface area contributed by atoms with E-state index in [9.17, 15) is 4.39 Å². The fourth-order valence-corrected chi connectivity index (χ4v) is 4.34. The highest BCUT2D eigenvalue weighted by molar-refractivity contribution is 6.29. The van der Waals surface area contributed by atoms with E-state index < -0.39 is 0 Å². The molecule has 0 radical (unpaired) electrons. The normalized spacial score (nSPS) is 16.6. The van der Waals surface area contributed by atoms with Crippen molar-refractivity contribution in [2.75, 3.05) is 19.5 Å². The maximum atomic E-state index is 13.6. The number of aromatic nitrogens is 5. The Morgan fingerprint density at radius 2 is 2.00 bits per heavy atom. The Bertz CT molecular complexity index is 1370. The van der Waals surface area contributed by atoms with Crippen LogP contribution >= 0.6 is 11.6 Å². The molecule has 4 aromatic rings. The van der Waals surface area contributed by atoms with Crippen molar-refractivity contribution in [2.45, 2.75) is 25.3 Å². The van der Waals surface area contributed by atoms with Gasteiger partial charge in [0.15, 0.2) is 0 Å². The van der Waals surface area contributed by atoms with Gasteiger partial charge in [0.1, 0.15) is 36.0 Å². The summed E-state index contributed by atoms with van der Waals surface area (Å²) < 4.78 is 22.8. The first kappa shape index (κ1) is 22.9. The molecule has 1 aliphatic heterocycles. The highest BCUT2D eigenvalue weighted by Crippen LogP contribution is 2.33. The van der Waals surface area contributed by atoms with Crippen molar-refractivity contribution in [3.8, 4) is 11.4 Å². The summed E-state index contributed by atoms with van der Waals surface area (Å²) in [4.78, 5) is 13.9. The van der Waals surface area contributed by atoms with Crippen LogP contribution < -0.4 is 10.1 Å². The van der Waals surface area contributed by atoms with Gasteiger partial charge in [0.2, 0.25) is 5.95 Å². The largest absolute Gasteiger partial charge is 0.494 e. The van der Waals surface area contributed by atoms with E-state index in [4.69, 9.17) is 26.2 Å². The summed E-state index contributed by atoms with van der Waals surface area (Å²) in [6, 6.07) is 12.1. The van der Waals surface area contributed by atoms with Crippen LogP contribution in [0.3, 0.4) is 0 Å². The number of nitrogens with zero attached hydrogens (tertiary/aromatic N) is 6. The average Bonchev–Trinajstić information content (AvgIpc) is 3.43. The van der Waals surface area contributed by atoms with Gasteiger partial charge in [-0.3, -0.25) is 0 Å². The van der Waals surface area contributed by atoms with Gasteiger partial charge in [0.25, 0.3) is 0 Å². The molecular weight excluding hydrogens is 473 g/mol. The number of rotatable bonds is 6. The molecule has 11 heteroatoms. The Kier molecular flexibility index (Phi) is 6.37. The zero-order valence-corrected chi connectivity index (χ0v) is 19.9. The zero-order chi connectivity index (χ0) is 24.4. The van der Waals surface area contributed by atoms with Crippen LogP contribution in [0.5, 0.6) is 5.75 Å². The van der Waals surface area contributed by atoms with Crippen LogP contribution in [0.4, 0.5) is 16.0 Å². The molecule has 0 fully saturated rings. The predicted octanol–water partition coefficient (Wildman–Crippen LogP) is 4.94. The molecule has 9 nitrogen and oxygen atoms in total. The molecule has 180 valence electrons. The number of hydrogen-bond donors (Lipinski definition) is 1. The van der Waals surface area contributed by atoms with E-state index in [1.807, 2.05) is 22.9 Å². The molecule has 3 heterocycles. The fourth-order valence-electron chi connectivity index (χ4n) is 4.20. The lowest BCUT2D eigenvalue weighted by atomic mass is 9.93. The predicted molar refractivity (Wildman–Crippen MR) is 130 cm³/mol. The van der Waals surface area contributed by atoms with Crippen LogP contribution in [0.1, 0.15) is 30.1 Å². The monoisotopic (exact) mass is 495 g/mol. The topological polar surface area (TPSA) is 91.4 Å². The van der Waals surface area contributed by atoms with Crippen molar-refractivity contribution in [3.05, 3.63) is 77.3 Å². The van der Waals surface area contributed by atoms with E-state index in [1.54, 1.807) is 36.3 Å². The van der Waals surface area contributed by atoms with Gasteiger partial charge < -0.3 is 19.5 Å². The first-order valence-corrected chi connectivity index (χ1v) is 11.4. The number of aryl methyl sites for hydroxylation is 1. The summed E-state index contributed by atoms with van der Waals surface area (Å²) in [5.74, 6) is 1.44. The maximum absolute atomic E-state index is 13.6. The van der Waals surface area contributed by atoms with E-state index in [0.29, 0.717) is 36.2 Å². The molecule has 0 saturated carbocycles. The van der Waals surface area contributed by atoms with E-state index in [1.165, 1.54) is 19.2 Å². The Morgan fingerprint density at radius 1 is 1.17 bits per heavy atom. The molecule has 1 atom stereocenters. The molecule has 1 N–H and O–H groups in total. The molecular formula is C24H23ClFN7O2. The minimum Gasteiger partial charge on any atom is -0.494 e. The lowest BCUT2D eigenvalue weighted by molar-refractivity contribution is 0.211. The minimum absolute atomic E-state index is 0.141. The molecule has 2 aromatic carbocycles. The van der Waals surface area contributed by atoms with Crippen molar-refractivity contribution in [3.63, 3.8) is 0 Å². The van der Waals surface area contributed by atoms with E-state index in [2.05, 4.69) is 20.6 Å². The Morgan fingerprint density at radius 3 is 2.71 bits per heavy atom. The number of hydrogen-bond acceptors (Lipinski definition) is 7. The second-order valence-electron chi connectivity index (χ2n) is 8.03. The molecule has 1 unspecified atom stereocenters. The standard InChI is InChI=1S/C24H23ClFN7O2/c1-34-21-12-17(7-8-20(21)32-13-22(25)27-14-32)28-24-29-23-19(15-3-5-16(26)6-4-15)11-18(31-35-2)9-10-33(23)30-24/h3-8,12-14,19H,9-11H2,1-2H3,(H,28,30). The third kappa shape index (κ3) is 4.83. The van der Waals surface area contributed by atoms with Crippen LogP contribution in [-0.4, -0.2) is 44.2 Å². The summed E-state index contributed by atoms with van der Waals surface area (Å²) in [6.07, 6.45) is 4.61. The zero-order valence-electron chi connectivity index (χ0n) is 19.2. The highest BCUT2D eigenvalue weighted by Gasteiger charge is 2.28. The number of methoxy groups -OCH3 is 1. The second-order valence-corrected chi connectivity index (χ2v) is 8.42. The lowest BCUT2D eigenvalue weighted by Crippen LogP contribution is -2.09. The van der Waals surface area contributed by atoms with Crippen LogP contribution in [0.25, 0.3) is 5.69 Å². The van der Waals surface area contributed by atoms with Crippen molar-refractivity contribution in [1.82, 2.24) is 24.3 Å². The van der Waals surface area contributed by atoms with Crippen LogP contribution in [-0.2, 0) is 11.4 Å². The van der Waals surface area contributed by atoms with Crippen LogP contribution in [0.2, 0.25) is 5.15 Å². The first-order chi connectivity index (χ1) is 17.0. The smallest absolute Gasteiger partial charge is 0.246 e. The van der Waals surface area contributed by atoms with Gasteiger partial charge in [-0.1, -0.05) is 28.9 Å². The van der Waals surface area contributed by atoms with Gasteiger partial charge in [0.05, 0.1) is 18.5 Å². The van der Waals surface area contributed by atoms with Crippen molar-refractivity contribution >= 4 is 28.9 Å². The van der Waals surface area contributed by atoms with Gasteiger partial charge in [-0.15, -0.1) is 5.10 Å². The van der Waals surface area contributed by atoms with E-state index in [0.717, 1.165) is 28.5 Å². The van der Waals surface area contributed by atoms with Gasteiger partial charge in [-0.05, 0) is 29.8 Å². The molecule has 0 saturated heterocycles. The van der Waals surface area contributed by atoms with Gasteiger partial charge in [0, 0.05) is 43.3 Å². The number of imidazole rings is 1. The van der Waals surface area contributed by atoms with Gasteiger partial charge in [-0.2, -0.15) is 4.98 Å². The molecule has 0 spiro atoms. The molecule has 5 rings (SSSR count). The molecule has 0 amide bonds.